The van der Waals surface area contributed by atoms with Crippen molar-refractivity contribution in [2.75, 3.05) is 50.0 Å². The van der Waals surface area contributed by atoms with Crippen molar-refractivity contribution < 1.29 is 0 Å². The van der Waals surface area contributed by atoms with Gasteiger partial charge in [0, 0.05) is 26.2 Å². The lowest BCUT2D eigenvalue weighted by atomic mass is 10.3. The maximum atomic E-state index is 6.33. The second-order valence-electron chi connectivity index (χ2n) is 5.19. The fourth-order valence-electron chi connectivity index (χ4n) is 2.30. The van der Waals surface area contributed by atoms with Gasteiger partial charge in [-0.1, -0.05) is 30.1 Å². The van der Waals surface area contributed by atoms with Crippen molar-refractivity contribution in [1.82, 2.24) is 9.88 Å². The van der Waals surface area contributed by atoms with Crippen LogP contribution < -0.4 is 10.2 Å². The molecule has 0 aromatic carbocycles. The van der Waals surface area contributed by atoms with E-state index in [1.165, 1.54) is 0 Å². The Balaban J connectivity index is 2.21. The maximum absolute atomic E-state index is 6.33. The third kappa shape index (κ3) is 3.90. The first-order valence-electron chi connectivity index (χ1n) is 7.15. The van der Waals surface area contributed by atoms with Crippen LogP contribution in [0.2, 0.25) is 10.0 Å². The summed E-state index contributed by atoms with van der Waals surface area (Å²) in [5.74, 6) is 1.57. The Labute approximate surface area is 131 Å². The Morgan fingerprint density at radius 2 is 2.00 bits per heavy atom. The molecule has 1 fully saturated rings. The van der Waals surface area contributed by atoms with Gasteiger partial charge < -0.3 is 15.1 Å². The highest BCUT2D eigenvalue weighted by Gasteiger charge is 2.18. The van der Waals surface area contributed by atoms with Gasteiger partial charge in [0.15, 0.2) is 0 Å². The number of likely N-dealkylation sites (N-methyl/N-ethyl adjacent to an activating group) is 1. The number of anilines is 2. The zero-order valence-corrected chi connectivity index (χ0v) is 13.6. The minimum absolute atomic E-state index is 0.583. The number of nitrogens with zero attached hydrogens (tertiary/aromatic N) is 3. The van der Waals surface area contributed by atoms with E-state index in [0.29, 0.717) is 10.0 Å². The molecule has 1 N–H and O–H groups in total. The van der Waals surface area contributed by atoms with Gasteiger partial charge in [-0.05, 0) is 32.5 Å². The van der Waals surface area contributed by atoms with E-state index in [4.69, 9.17) is 23.2 Å². The molecule has 112 valence electrons. The summed E-state index contributed by atoms with van der Waals surface area (Å²) in [6.45, 7) is 7.03. The van der Waals surface area contributed by atoms with E-state index in [1.54, 1.807) is 6.07 Å². The molecule has 1 aromatic rings. The molecule has 20 heavy (non-hydrogen) atoms. The SMILES string of the molecule is CCCNc1nc(N2CCCN(C)CC2)c(Cl)cc1Cl. The van der Waals surface area contributed by atoms with Crippen molar-refractivity contribution in [2.45, 2.75) is 19.8 Å². The Morgan fingerprint density at radius 1 is 1.20 bits per heavy atom. The van der Waals surface area contributed by atoms with E-state index >= 15 is 0 Å². The highest BCUT2D eigenvalue weighted by Crippen LogP contribution is 2.31. The molecule has 2 heterocycles. The molecule has 1 aliphatic heterocycles. The third-order valence-corrected chi connectivity index (χ3v) is 4.04. The van der Waals surface area contributed by atoms with Gasteiger partial charge in [-0.2, -0.15) is 0 Å². The highest BCUT2D eigenvalue weighted by molar-refractivity contribution is 6.37. The van der Waals surface area contributed by atoms with Crippen LogP contribution >= 0.6 is 23.2 Å². The highest BCUT2D eigenvalue weighted by atomic mass is 35.5. The molecule has 2 rings (SSSR count). The van der Waals surface area contributed by atoms with Crippen LogP contribution in [0.1, 0.15) is 19.8 Å². The second kappa shape index (κ2) is 7.34. The molecule has 0 radical (unpaired) electrons. The summed E-state index contributed by atoms with van der Waals surface area (Å²) in [6.07, 6.45) is 2.15. The summed E-state index contributed by atoms with van der Waals surface area (Å²) in [5.41, 5.74) is 0. The lowest BCUT2D eigenvalue weighted by molar-refractivity contribution is 0.360. The number of hydrogen-bond acceptors (Lipinski definition) is 4. The summed E-state index contributed by atoms with van der Waals surface area (Å²) in [4.78, 5) is 9.21. The minimum atomic E-state index is 0.583. The quantitative estimate of drug-likeness (QED) is 0.923. The fourth-order valence-corrected chi connectivity index (χ4v) is 2.85. The Kier molecular flexibility index (Phi) is 5.75. The molecule has 0 unspecified atom stereocenters. The van der Waals surface area contributed by atoms with Gasteiger partial charge in [0.25, 0.3) is 0 Å². The number of nitrogens with one attached hydrogen (secondary N) is 1. The van der Waals surface area contributed by atoms with E-state index in [0.717, 1.165) is 57.2 Å². The van der Waals surface area contributed by atoms with E-state index in [9.17, 15) is 0 Å². The standard InChI is InChI=1S/C14H22Cl2N4/c1-3-5-17-13-11(15)10-12(16)14(18-13)20-7-4-6-19(2)8-9-20/h10H,3-9H2,1-2H3,(H,17,18). The van der Waals surface area contributed by atoms with Gasteiger partial charge in [-0.3, -0.25) is 0 Å². The molecule has 0 spiro atoms. The normalized spacial score (nSPS) is 17.1. The van der Waals surface area contributed by atoms with Crippen LogP contribution in [0.4, 0.5) is 11.6 Å². The minimum Gasteiger partial charge on any atom is -0.369 e. The smallest absolute Gasteiger partial charge is 0.149 e. The van der Waals surface area contributed by atoms with Crippen LogP contribution in [-0.4, -0.2) is 49.7 Å². The molecule has 6 heteroatoms. The van der Waals surface area contributed by atoms with Crippen molar-refractivity contribution in [3.05, 3.63) is 16.1 Å². The van der Waals surface area contributed by atoms with Crippen molar-refractivity contribution in [3.63, 3.8) is 0 Å². The number of rotatable bonds is 4. The number of aromatic nitrogens is 1. The summed E-state index contributed by atoms with van der Waals surface area (Å²) >= 11 is 12.5. The molecule has 0 saturated carbocycles. The molecule has 0 aliphatic carbocycles. The number of hydrogen-bond donors (Lipinski definition) is 1. The van der Waals surface area contributed by atoms with Crippen LogP contribution in [0, 0.1) is 0 Å². The molecule has 4 nitrogen and oxygen atoms in total. The summed E-state index contributed by atoms with van der Waals surface area (Å²) in [7, 11) is 2.15. The molecular weight excluding hydrogens is 295 g/mol. The number of pyridine rings is 1. The fraction of sp³-hybridized carbons (Fsp3) is 0.643. The largest absolute Gasteiger partial charge is 0.369 e. The van der Waals surface area contributed by atoms with Crippen LogP contribution in [0.25, 0.3) is 0 Å². The first-order valence-corrected chi connectivity index (χ1v) is 7.90. The van der Waals surface area contributed by atoms with Crippen molar-refractivity contribution in [2.24, 2.45) is 0 Å². The van der Waals surface area contributed by atoms with Gasteiger partial charge >= 0.3 is 0 Å². The lowest BCUT2D eigenvalue weighted by Gasteiger charge is -2.23. The molecule has 0 amide bonds. The Bertz CT molecular complexity index is 453. The van der Waals surface area contributed by atoms with Gasteiger partial charge in [0.1, 0.15) is 11.6 Å². The van der Waals surface area contributed by atoms with Gasteiger partial charge in [0.05, 0.1) is 10.0 Å². The van der Waals surface area contributed by atoms with Crippen molar-refractivity contribution >= 4 is 34.8 Å². The monoisotopic (exact) mass is 316 g/mol. The summed E-state index contributed by atoms with van der Waals surface area (Å²) < 4.78 is 0. The van der Waals surface area contributed by atoms with Crippen LogP contribution in [-0.2, 0) is 0 Å². The van der Waals surface area contributed by atoms with Crippen molar-refractivity contribution in [1.29, 1.82) is 0 Å². The van der Waals surface area contributed by atoms with Crippen molar-refractivity contribution in [3.8, 4) is 0 Å². The second-order valence-corrected chi connectivity index (χ2v) is 6.01. The molecule has 1 aliphatic rings. The van der Waals surface area contributed by atoms with E-state index in [-0.39, 0.29) is 0 Å². The molecular formula is C14H22Cl2N4. The Morgan fingerprint density at radius 3 is 2.75 bits per heavy atom. The lowest BCUT2D eigenvalue weighted by Crippen LogP contribution is -2.29. The Hall–Kier alpha value is -0.710. The van der Waals surface area contributed by atoms with Crippen LogP contribution in [0.5, 0.6) is 0 Å². The van der Waals surface area contributed by atoms with Crippen LogP contribution in [0.15, 0.2) is 6.07 Å². The predicted molar refractivity (Wildman–Crippen MR) is 87.4 cm³/mol. The topological polar surface area (TPSA) is 31.4 Å². The number of halogens is 2. The third-order valence-electron chi connectivity index (χ3n) is 3.47. The van der Waals surface area contributed by atoms with E-state index in [2.05, 4.69) is 34.1 Å². The molecule has 0 atom stereocenters. The van der Waals surface area contributed by atoms with Gasteiger partial charge in [-0.25, -0.2) is 4.98 Å². The summed E-state index contributed by atoms with van der Waals surface area (Å²) in [6, 6.07) is 1.79. The van der Waals surface area contributed by atoms with E-state index < -0.39 is 0 Å². The van der Waals surface area contributed by atoms with E-state index in [1.807, 2.05) is 0 Å². The first-order chi connectivity index (χ1) is 9.61. The average molecular weight is 317 g/mol. The zero-order valence-electron chi connectivity index (χ0n) is 12.1. The van der Waals surface area contributed by atoms with Crippen LogP contribution in [0.3, 0.4) is 0 Å². The average Bonchev–Trinajstić information content (AvgIpc) is 2.63. The molecule has 1 aromatic heterocycles. The first kappa shape index (κ1) is 15.7. The molecule has 1 saturated heterocycles. The van der Waals surface area contributed by atoms with Gasteiger partial charge in [-0.15, -0.1) is 0 Å². The van der Waals surface area contributed by atoms with Gasteiger partial charge in [0.2, 0.25) is 0 Å². The summed E-state index contributed by atoms with van der Waals surface area (Å²) in [5, 5.41) is 4.46. The molecule has 0 bridgehead atoms. The maximum Gasteiger partial charge on any atom is 0.149 e. The predicted octanol–water partition coefficient (Wildman–Crippen LogP) is 3.35. The zero-order chi connectivity index (χ0) is 14.5.